The van der Waals surface area contributed by atoms with Gasteiger partial charge in [-0.1, -0.05) is 12.1 Å². The number of hydrogen-bond donors (Lipinski definition) is 1. The Balaban J connectivity index is 1.28. The van der Waals surface area contributed by atoms with E-state index in [1.807, 2.05) is 49.8 Å². The number of imide groups is 1. The molecule has 1 unspecified atom stereocenters. The van der Waals surface area contributed by atoms with E-state index < -0.39 is 17.6 Å². The molecular weight excluding hydrogens is 500 g/mol. The molecule has 2 saturated heterocycles. The number of aryl methyl sites for hydroxylation is 2. The number of nitrogens with zero attached hydrogens (tertiary/aromatic N) is 5. The van der Waals surface area contributed by atoms with Gasteiger partial charge in [0.2, 0.25) is 11.8 Å². The smallest absolute Gasteiger partial charge is 0.410 e. The molecule has 2 fully saturated rings. The monoisotopic (exact) mass is 536 g/mol. The number of piperidine rings is 2. The van der Waals surface area contributed by atoms with Crippen LogP contribution in [0, 0.1) is 5.92 Å². The summed E-state index contributed by atoms with van der Waals surface area (Å²) < 4.78 is 10.5. The van der Waals surface area contributed by atoms with Crippen molar-refractivity contribution in [1.82, 2.24) is 29.1 Å². The number of benzene rings is 1. The lowest BCUT2D eigenvalue weighted by Gasteiger charge is -2.33. The Labute approximate surface area is 226 Å². The average molecular weight is 537 g/mol. The Morgan fingerprint density at radius 1 is 1.13 bits per heavy atom. The number of likely N-dealkylation sites (tertiary alicyclic amines) is 1. The van der Waals surface area contributed by atoms with Gasteiger partial charge in [0.25, 0.3) is 0 Å². The highest BCUT2D eigenvalue weighted by Crippen LogP contribution is 2.31. The van der Waals surface area contributed by atoms with Gasteiger partial charge in [0.15, 0.2) is 0 Å². The van der Waals surface area contributed by atoms with E-state index in [4.69, 9.17) is 4.74 Å². The number of nitrogens with one attached hydrogen (secondary N) is 1. The molecule has 2 aliphatic rings. The van der Waals surface area contributed by atoms with Crippen LogP contribution in [-0.4, -0.2) is 60.4 Å². The topological polar surface area (TPSA) is 120 Å². The molecule has 0 radical (unpaired) electrons. The highest BCUT2D eigenvalue weighted by molar-refractivity contribution is 6.00. The number of hydrogen-bond acceptors (Lipinski definition) is 6. The summed E-state index contributed by atoms with van der Waals surface area (Å²) in [7, 11) is 1.70. The summed E-state index contributed by atoms with van der Waals surface area (Å²) in [5.41, 5.74) is 2.33. The molecule has 0 aliphatic carbocycles. The standard InChI is InChI=1S/C28H36N6O5/c1-28(2,3)39-27(38)32-13-10-18(11-14-32)12-15-33-17-19(16-29-33)20-6-5-7-21-24(20)31(4)26(37)34(21)22-8-9-23(35)30-25(22)36/h5-7,16-18,22H,8-15H2,1-4H3,(H,30,35,36). The molecular formula is C28H36N6O5. The number of ether oxygens (including phenoxy) is 1. The zero-order valence-electron chi connectivity index (χ0n) is 23.0. The molecule has 39 heavy (non-hydrogen) atoms. The van der Waals surface area contributed by atoms with Crippen molar-refractivity contribution in [3.63, 3.8) is 0 Å². The fraction of sp³-hybridized carbons (Fsp3) is 0.536. The van der Waals surface area contributed by atoms with Gasteiger partial charge in [-0.25, -0.2) is 9.59 Å². The number of carbonyl (C=O) groups excluding carboxylic acids is 3. The van der Waals surface area contributed by atoms with Gasteiger partial charge in [-0.3, -0.25) is 28.7 Å². The third-order valence-electron chi connectivity index (χ3n) is 7.60. The summed E-state index contributed by atoms with van der Waals surface area (Å²) >= 11 is 0. The van der Waals surface area contributed by atoms with E-state index in [2.05, 4.69) is 10.4 Å². The largest absolute Gasteiger partial charge is 0.444 e. The molecule has 0 spiro atoms. The van der Waals surface area contributed by atoms with Crippen LogP contribution in [0.3, 0.4) is 0 Å². The van der Waals surface area contributed by atoms with Crippen LogP contribution >= 0.6 is 0 Å². The summed E-state index contributed by atoms with van der Waals surface area (Å²) in [5.74, 6) is -0.259. The van der Waals surface area contributed by atoms with Crippen LogP contribution < -0.4 is 11.0 Å². The summed E-state index contributed by atoms with van der Waals surface area (Å²) in [5, 5.41) is 6.92. The molecule has 208 valence electrons. The highest BCUT2D eigenvalue weighted by atomic mass is 16.6. The Bertz CT molecular complexity index is 1470. The van der Waals surface area contributed by atoms with Crippen LogP contribution in [0.4, 0.5) is 4.79 Å². The van der Waals surface area contributed by atoms with Gasteiger partial charge in [0.1, 0.15) is 11.6 Å². The fourth-order valence-electron chi connectivity index (χ4n) is 5.57. The Kier molecular flexibility index (Phi) is 7.09. The van der Waals surface area contributed by atoms with Gasteiger partial charge >= 0.3 is 11.8 Å². The Morgan fingerprint density at radius 2 is 1.87 bits per heavy atom. The molecule has 2 aliphatic heterocycles. The molecule has 1 N–H and O–H groups in total. The van der Waals surface area contributed by atoms with Gasteiger partial charge in [0.05, 0.1) is 17.2 Å². The maximum atomic E-state index is 13.2. The first-order chi connectivity index (χ1) is 18.5. The second-order valence-corrected chi connectivity index (χ2v) is 11.5. The predicted octanol–water partition coefficient (Wildman–Crippen LogP) is 3.22. The van der Waals surface area contributed by atoms with Gasteiger partial charge in [-0.15, -0.1) is 0 Å². The second-order valence-electron chi connectivity index (χ2n) is 11.5. The molecule has 11 heteroatoms. The van der Waals surface area contributed by atoms with Crippen molar-refractivity contribution >= 4 is 28.9 Å². The molecule has 0 bridgehead atoms. The number of carbonyl (C=O) groups is 3. The van der Waals surface area contributed by atoms with E-state index in [0.717, 1.165) is 42.5 Å². The van der Waals surface area contributed by atoms with Crippen LogP contribution in [0.25, 0.3) is 22.2 Å². The minimum Gasteiger partial charge on any atom is -0.444 e. The summed E-state index contributed by atoms with van der Waals surface area (Å²) in [6.45, 7) is 7.79. The Hall–Kier alpha value is -3.89. The maximum Gasteiger partial charge on any atom is 0.410 e. The lowest BCUT2D eigenvalue weighted by atomic mass is 9.94. The zero-order chi connectivity index (χ0) is 27.9. The Morgan fingerprint density at radius 3 is 2.56 bits per heavy atom. The number of imidazole rings is 1. The first kappa shape index (κ1) is 26.7. The SMILES string of the molecule is Cn1c(=O)n(C2CCC(=O)NC2=O)c2cccc(-c3cnn(CCC4CCN(C(=O)OC(C)(C)C)CC4)c3)c21. The van der Waals surface area contributed by atoms with Gasteiger partial charge < -0.3 is 9.64 Å². The lowest BCUT2D eigenvalue weighted by Crippen LogP contribution is -2.44. The molecule has 4 heterocycles. The number of amides is 3. The van der Waals surface area contributed by atoms with Crippen LogP contribution in [0.5, 0.6) is 0 Å². The number of para-hydroxylation sites is 1. The predicted molar refractivity (Wildman–Crippen MR) is 145 cm³/mol. The van der Waals surface area contributed by atoms with Crippen molar-refractivity contribution in [3.05, 3.63) is 41.1 Å². The molecule has 5 rings (SSSR count). The fourth-order valence-corrected chi connectivity index (χ4v) is 5.57. The quantitative estimate of drug-likeness (QED) is 0.500. The lowest BCUT2D eigenvalue weighted by molar-refractivity contribution is -0.135. The molecule has 2 aromatic heterocycles. The number of rotatable bonds is 5. The van der Waals surface area contributed by atoms with E-state index in [9.17, 15) is 19.2 Å². The van der Waals surface area contributed by atoms with Gasteiger partial charge in [-0.2, -0.15) is 5.10 Å². The van der Waals surface area contributed by atoms with Crippen LogP contribution in [0.1, 0.15) is 58.9 Å². The molecule has 3 aromatic rings. The van der Waals surface area contributed by atoms with Crippen LogP contribution in [-0.2, 0) is 27.9 Å². The van der Waals surface area contributed by atoms with E-state index in [-0.39, 0.29) is 24.1 Å². The normalized spacial score (nSPS) is 19.0. The number of aromatic nitrogens is 4. The average Bonchev–Trinajstić information content (AvgIpc) is 3.45. The highest BCUT2D eigenvalue weighted by Gasteiger charge is 2.32. The van der Waals surface area contributed by atoms with Gasteiger partial charge in [-0.05, 0) is 58.4 Å². The first-order valence-electron chi connectivity index (χ1n) is 13.6. The van der Waals surface area contributed by atoms with E-state index in [1.165, 1.54) is 4.57 Å². The third-order valence-corrected chi connectivity index (χ3v) is 7.60. The van der Waals surface area contributed by atoms with E-state index in [0.29, 0.717) is 30.9 Å². The number of fused-ring (bicyclic) bond motifs is 1. The van der Waals surface area contributed by atoms with Crippen molar-refractivity contribution < 1.29 is 19.1 Å². The van der Waals surface area contributed by atoms with Crippen LogP contribution in [0.15, 0.2) is 35.4 Å². The zero-order valence-corrected chi connectivity index (χ0v) is 23.0. The van der Waals surface area contributed by atoms with E-state index in [1.54, 1.807) is 22.7 Å². The molecule has 11 nitrogen and oxygen atoms in total. The van der Waals surface area contributed by atoms with Crippen molar-refractivity contribution in [2.75, 3.05) is 13.1 Å². The van der Waals surface area contributed by atoms with Crippen molar-refractivity contribution in [2.45, 2.75) is 71.1 Å². The molecule has 0 saturated carbocycles. The first-order valence-corrected chi connectivity index (χ1v) is 13.6. The molecule has 3 amide bonds. The van der Waals surface area contributed by atoms with E-state index >= 15 is 0 Å². The summed E-state index contributed by atoms with van der Waals surface area (Å²) in [6, 6.07) is 4.93. The minimum atomic E-state index is -0.724. The van der Waals surface area contributed by atoms with Gasteiger partial charge in [0, 0.05) is 50.4 Å². The third kappa shape index (κ3) is 5.48. The second kappa shape index (κ2) is 10.3. The maximum absolute atomic E-state index is 13.2. The van der Waals surface area contributed by atoms with Crippen molar-refractivity contribution in [2.24, 2.45) is 13.0 Å². The summed E-state index contributed by atoms with van der Waals surface area (Å²) in [4.78, 5) is 51.5. The summed E-state index contributed by atoms with van der Waals surface area (Å²) in [6.07, 6.45) is 6.86. The van der Waals surface area contributed by atoms with Crippen LogP contribution in [0.2, 0.25) is 0 Å². The minimum absolute atomic E-state index is 0.200. The molecule has 1 atom stereocenters. The van der Waals surface area contributed by atoms with Crippen molar-refractivity contribution in [3.8, 4) is 11.1 Å². The molecule has 1 aromatic carbocycles. The van der Waals surface area contributed by atoms with Crippen molar-refractivity contribution in [1.29, 1.82) is 0 Å².